The number of nitrogens with zero attached hydrogens (tertiary/aromatic N) is 1. The Morgan fingerprint density at radius 2 is 2.11 bits per heavy atom. The van der Waals surface area contributed by atoms with Gasteiger partial charge >= 0.3 is 0 Å². The molecule has 0 amide bonds. The smallest absolute Gasteiger partial charge is 0.245 e. The van der Waals surface area contributed by atoms with Crippen LogP contribution in [0, 0.1) is 0 Å². The molecule has 0 atom stereocenters. The Bertz CT molecular complexity index is 584. The molecule has 1 fully saturated rings. The number of aliphatic hydroxyl groups is 1. The summed E-state index contributed by atoms with van der Waals surface area (Å²) in [5.41, 5.74) is 0.150. The summed E-state index contributed by atoms with van der Waals surface area (Å²) in [5.74, 6) is 0. The molecule has 1 aliphatic heterocycles. The van der Waals surface area contributed by atoms with Crippen molar-refractivity contribution >= 4 is 21.6 Å². The van der Waals surface area contributed by atoms with E-state index >= 15 is 0 Å². The molecule has 19 heavy (non-hydrogen) atoms. The first-order valence-corrected chi connectivity index (χ1v) is 8.03. The van der Waals surface area contributed by atoms with Crippen molar-refractivity contribution in [1.29, 1.82) is 0 Å². The number of rotatable bonds is 3. The SMILES string of the molecule is CC1(C)CCCN1S(=O)(=O)c1cc(CO)ccc1Cl. The topological polar surface area (TPSA) is 57.6 Å². The van der Waals surface area contributed by atoms with Gasteiger partial charge in [0.2, 0.25) is 10.0 Å². The van der Waals surface area contributed by atoms with E-state index in [1.54, 1.807) is 6.07 Å². The molecule has 0 spiro atoms. The molecule has 0 saturated carbocycles. The van der Waals surface area contributed by atoms with Crippen LogP contribution in [0.2, 0.25) is 5.02 Å². The monoisotopic (exact) mass is 303 g/mol. The van der Waals surface area contributed by atoms with Crippen molar-refractivity contribution in [3.63, 3.8) is 0 Å². The summed E-state index contributed by atoms with van der Waals surface area (Å²) in [6.45, 7) is 4.14. The zero-order chi connectivity index (χ0) is 14.3. The number of benzene rings is 1. The molecule has 106 valence electrons. The maximum atomic E-state index is 12.7. The Morgan fingerprint density at radius 1 is 1.42 bits per heavy atom. The van der Waals surface area contributed by atoms with Crippen LogP contribution in [0.3, 0.4) is 0 Å². The van der Waals surface area contributed by atoms with Crippen LogP contribution in [0.1, 0.15) is 32.3 Å². The number of halogens is 1. The minimum atomic E-state index is -3.62. The van der Waals surface area contributed by atoms with Gasteiger partial charge in [0, 0.05) is 12.1 Å². The van der Waals surface area contributed by atoms with Crippen LogP contribution in [0.4, 0.5) is 0 Å². The molecule has 6 heteroatoms. The van der Waals surface area contributed by atoms with Gasteiger partial charge in [-0.15, -0.1) is 0 Å². The summed E-state index contributed by atoms with van der Waals surface area (Å²) < 4.78 is 26.9. The highest BCUT2D eigenvalue weighted by Crippen LogP contribution is 2.36. The molecule has 0 bridgehead atoms. The third-order valence-electron chi connectivity index (χ3n) is 3.57. The van der Waals surface area contributed by atoms with E-state index in [0.717, 1.165) is 12.8 Å². The predicted molar refractivity (Wildman–Crippen MR) is 74.6 cm³/mol. The number of sulfonamides is 1. The lowest BCUT2D eigenvalue weighted by molar-refractivity contribution is 0.281. The minimum Gasteiger partial charge on any atom is -0.392 e. The number of hydrogen-bond acceptors (Lipinski definition) is 3. The Hall–Kier alpha value is -0.620. The molecular formula is C13H18ClNO3S. The molecule has 1 N–H and O–H groups in total. The average Bonchev–Trinajstić information content (AvgIpc) is 2.70. The second kappa shape index (κ2) is 5.05. The van der Waals surface area contributed by atoms with Gasteiger partial charge in [-0.05, 0) is 44.4 Å². The van der Waals surface area contributed by atoms with Crippen molar-refractivity contribution in [2.45, 2.75) is 43.7 Å². The molecule has 2 rings (SSSR count). The predicted octanol–water partition coefficient (Wildman–Crippen LogP) is 2.40. The first-order chi connectivity index (χ1) is 8.79. The van der Waals surface area contributed by atoms with Crippen molar-refractivity contribution in [3.05, 3.63) is 28.8 Å². The van der Waals surface area contributed by atoms with Crippen molar-refractivity contribution < 1.29 is 13.5 Å². The lowest BCUT2D eigenvalue weighted by Crippen LogP contribution is -2.42. The molecule has 0 aromatic heterocycles. The van der Waals surface area contributed by atoms with Crippen molar-refractivity contribution in [3.8, 4) is 0 Å². The maximum Gasteiger partial charge on any atom is 0.245 e. The van der Waals surface area contributed by atoms with E-state index in [0.29, 0.717) is 12.1 Å². The molecule has 4 nitrogen and oxygen atoms in total. The fourth-order valence-corrected chi connectivity index (χ4v) is 4.86. The van der Waals surface area contributed by atoms with Gasteiger partial charge in [-0.25, -0.2) is 8.42 Å². The lowest BCUT2D eigenvalue weighted by Gasteiger charge is -2.30. The summed E-state index contributed by atoms with van der Waals surface area (Å²) in [4.78, 5) is 0.0793. The molecule has 0 unspecified atom stereocenters. The van der Waals surface area contributed by atoms with Crippen molar-refractivity contribution in [2.75, 3.05) is 6.54 Å². The Morgan fingerprint density at radius 3 is 2.63 bits per heavy atom. The average molecular weight is 304 g/mol. The summed E-state index contributed by atoms with van der Waals surface area (Å²) in [7, 11) is -3.62. The highest BCUT2D eigenvalue weighted by atomic mass is 35.5. The van der Waals surface area contributed by atoms with Crippen molar-refractivity contribution in [2.24, 2.45) is 0 Å². The van der Waals surface area contributed by atoms with E-state index in [1.807, 2.05) is 13.8 Å². The summed E-state index contributed by atoms with van der Waals surface area (Å²) >= 11 is 6.02. The van der Waals surface area contributed by atoms with Crippen LogP contribution >= 0.6 is 11.6 Å². The molecular weight excluding hydrogens is 286 g/mol. The van der Waals surface area contributed by atoms with Gasteiger partial charge in [0.25, 0.3) is 0 Å². The number of aliphatic hydroxyl groups excluding tert-OH is 1. The molecule has 1 aliphatic rings. The highest BCUT2D eigenvalue weighted by molar-refractivity contribution is 7.89. The summed E-state index contributed by atoms with van der Waals surface area (Å²) in [6.07, 6.45) is 1.69. The van der Waals surface area contributed by atoms with Gasteiger partial charge in [0.1, 0.15) is 4.90 Å². The first-order valence-electron chi connectivity index (χ1n) is 6.21. The standard InChI is InChI=1S/C13H18ClNO3S/c1-13(2)6-3-7-15(13)19(17,18)12-8-10(9-16)4-5-11(12)14/h4-5,8,16H,3,6-7,9H2,1-2H3. The Balaban J connectivity index is 2.51. The zero-order valence-corrected chi connectivity index (χ0v) is 12.6. The maximum absolute atomic E-state index is 12.7. The van der Waals surface area contributed by atoms with E-state index in [4.69, 9.17) is 16.7 Å². The summed E-state index contributed by atoms with van der Waals surface area (Å²) in [5, 5.41) is 9.33. The van der Waals surface area contributed by atoms with E-state index in [1.165, 1.54) is 16.4 Å². The second-order valence-corrected chi connectivity index (χ2v) is 7.65. The van der Waals surface area contributed by atoms with E-state index in [9.17, 15) is 8.42 Å². The van der Waals surface area contributed by atoms with Crippen LogP contribution in [-0.4, -0.2) is 29.9 Å². The Kier molecular flexibility index (Phi) is 3.93. The molecule has 1 aromatic carbocycles. The minimum absolute atomic E-state index is 0.0793. The Labute approximate surface area is 119 Å². The fourth-order valence-electron chi connectivity index (χ4n) is 2.49. The van der Waals surface area contributed by atoms with Crippen molar-refractivity contribution in [1.82, 2.24) is 4.31 Å². The number of hydrogen-bond donors (Lipinski definition) is 1. The molecule has 1 aromatic rings. The van der Waals surface area contributed by atoms with Crippen LogP contribution in [-0.2, 0) is 16.6 Å². The molecule has 1 heterocycles. The quantitative estimate of drug-likeness (QED) is 0.933. The van der Waals surface area contributed by atoms with Gasteiger partial charge in [-0.1, -0.05) is 17.7 Å². The van der Waals surface area contributed by atoms with E-state index < -0.39 is 15.6 Å². The van der Waals surface area contributed by atoms with Gasteiger partial charge in [0.05, 0.1) is 11.6 Å². The van der Waals surface area contributed by atoms with Gasteiger partial charge in [0.15, 0.2) is 0 Å². The van der Waals surface area contributed by atoms with E-state index in [2.05, 4.69) is 0 Å². The fraction of sp³-hybridized carbons (Fsp3) is 0.538. The largest absolute Gasteiger partial charge is 0.392 e. The normalized spacial score (nSPS) is 19.8. The molecule has 0 aliphatic carbocycles. The van der Waals surface area contributed by atoms with Crippen LogP contribution in [0.25, 0.3) is 0 Å². The van der Waals surface area contributed by atoms with E-state index in [-0.39, 0.29) is 16.5 Å². The zero-order valence-electron chi connectivity index (χ0n) is 11.1. The highest BCUT2D eigenvalue weighted by Gasteiger charge is 2.41. The molecule has 0 radical (unpaired) electrons. The van der Waals surface area contributed by atoms with Gasteiger partial charge in [-0.2, -0.15) is 4.31 Å². The third-order valence-corrected chi connectivity index (χ3v) is 6.16. The van der Waals surface area contributed by atoms with Crippen LogP contribution in [0.15, 0.2) is 23.1 Å². The second-order valence-electron chi connectivity index (χ2n) is 5.42. The van der Waals surface area contributed by atoms with Crippen LogP contribution < -0.4 is 0 Å². The summed E-state index contributed by atoms with van der Waals surface area (Å²) in [6, 6.07) is 4.59. The lowest BCUT2D eigenvalue weighted by atomic mass is 10.0. The van der Waals surface area contributed by atoms with Gasteiger partial charge < -0.3 is 5.11 Å². The third kappa shape index (κ3) is 2.65. The van der Waals surface area contributed by atoms with Gasteiger partial charge in [-0.3, -0.25) is 0 Å². The first kappa shape index (κ1) is 14.8. The van der Waals surface area contributed by atoms with Crippen LogP contribution in [0.5, 0.6) is 0 Å². The molecule has 1 saturated heterocycles.